The standard InChI is InChI=1S/C69H127NO5/c1-3-5-7-9-11-13-15-17-19-21-22-26-30-33-37-41-45-49-53-57-61-67(72)66(65-71)70-68(73)62-58-54-50-46-42-38-34-31-27-24-23-25-28-32-36-40-44-48-52-56-60-64-75-69(74)63-59-55-51-47-43-39-35-29-20-18-16-14-12-10-8-6-4-2/h12,14,18,20,40,44,52,56-57,61,66-67,71-72H,3-11,13,15-17,19,21-39,41-43,45-51,53-55,58-60,62-65H2,1-2H3,(H,70,73)/b14-12-,20-18-,44-40-,56-52-,61-57+. The van der Waals surface area contributed by atoms with Gasteiger partial charge < -0.3 is 20.3 Å². The second kappa shape index (κ2) is 64.1. The van der Waals surface area contributed by atoms with Crippen LogP contribution in [0.15, 0.2) is 60.8 Å². The lowest BCUT2D eigenvalue weighted by molar-refractivity contribution is -0.143. The number of esters is 1. The van der Waals surface area contributed by atoms with Crippen LogP contribution in [0.1, 0.15) is 341 Å². The maximum Gasteiger partial charge on any atom is 0.305 e. The Morgan fingerprint density at radius 3 is 1.04 bits per heavy atom. The quantitative estimate of drug-likeness (QED) is 0.0320. The van der Waals surface area contributed by atoms with Crippen LogP contribution < -0.4 is 5.32 Å². The molecule has 3 N–H and O–H groups in total. The number of aliphatic hydroxyl groups excluding tert-OH is 2. The molecule has 0 fully saturated rings. The first-order chi connectivity index (χ1) is 37.0. The van der Waals surface area contributed by atoms with E-state index in [2.05, 4.69) is 67.8 Å². The number of carbonyl (C=O) groups excluding carboxylic acids is 2. The Bertz CT molecular complexity index is 1300. The molecule has 0 rings (SSSR count). The minimum atomic E-state index is -0.850. The van der Waals surface area contributed by atoms with E-state index in [0.717, 1.165) is 57.8 Å². The van der Waals surface area contributed by atoms with Crippen LogP contribution in [-0.4, -0.2) is 47.4 Å². The summed E-state index contributed by atoms with van der Waals surface area (Å²) in [5.41, 5.74) is 0. The predicted molar refractivity (Wildman–Crippen MR) is 328 cm³/mol. The van der Waals surface area contributed by atoms with E-state index in [1.54, 1.807) is 6.08 Å². The van der Waals surface area contributed by atoms with Gasteiger partial charge in [-0.3, -0.25) is 9.59 Å². The molecular formula is C69H127NO5. The third kappa shape index (κ3) is 60.6. The number of rotatable bonds is 61. The summed E-state index contributed by atoms with van der Waals surface area (Å²) in [6, 6.07) is -0.634. The van der Waals surface area contributed by atoms with Gasteiger partial charge in [-0.15, -0.1) is 0 Å². The van der Waals surface area contributed by atoms with Gasteiger partial charge in [0.25, 0.3) is 0 Å². The van der Waals surface area contributed by atoms with Gasteiger partial charge in [-0.2, -0.15) is 0 Å². The fourth-order valence-electron chi connectivity index (χ4n) is 9.97. The van der Waals surface area contributed by atoms with Crippen molar-refractivity contribution in [2.75, 3.05) is 13.2 Å². The van der Waals surface area contributed by atoms with Crippen molar-refractivity contribution < 1.29 is 24.5 Å². The van der Waals surface area contributed by atoms with Crippen molar-refractivity contribution in [2.45, 2.75) is 353 Å². The van der Waals surface area contributed by atoms with Gasteiger partial charge in [-0.05, 0) is 83.5 Å². The molecule has 0 aromatic carbocycles. The first-order valence-corrected chi connectivity index (χ1v) is 33.1. The van der Waals surface area contributed by atoms with Crippen molar-refractivity contribution >= 4 is 11.9 Å². The largest absolute Gasteiger partial charge is 0.465 e. The maximum atomic E-state index is 12.5. The molecule has 0 spiro atoms. The Morgan fingerprint density at radius 1 is 0.373 bits per heavy atom. The van der Waals surface area contributed by atoms with Crippen molar-refractivity contribution in [2.24, 2.45) is 0 Å². The van der Waals surface area contributed by atoms with E-state index >= 15 is 0 Å². The van der Waals surface area contributed by atoms with Crippen molar-refractivity contribution in [3.8, 4) is 0 Å². The summed E-state index contributed by atoms with van der Waals surface area (Å²) in [7, 11) is 0. The van der Waals surface area contributed by atoms with Crippen molar-refractivity contribution in [1.82, 2.24) is 5.32 Å². The summed E-state index contributed by atoms with van der Waals surface area (Å²) in [5, 5.41) is 23.2. The number of nitrogens with one attached hydrogen (secondary N) is 1. The number of hydrogen-bond acceptors (Lipinski definition) is 5. The number of allylic oxidation sites excluding steroid dienone is 8. The minimum Gasteiger partial charge on any atom is -0.465 e. The lowest BCUT2D eigenvalue weighted by atomic mass is 10.0. The highest BCUT2D eigenvalue weighted by molar-refractivity contribution is 5.76. The zero-order valence-corrected chi connectivity index (χ0v) is 50.0. The molecule has 438 valence electrons. The highest BCUT2D eigenvalue weighted by Gasteiger charge is 2.18. The van der Waals surface area contributed by atoms with E-state index < -0.39 is 12.1 Å². The Morgan fingerprint density at radius 2 is 0.667 bits per heavy atom. The van der Waals surface area contributed by atoms with Gasteiger partial charge in [0.1, 0.15) is 0 Å². The molecule has 0 aromatic heterocycles. The first-order valence-electron chi connectivity index (χ1n) is 33.1. The Kier molecular flexibility index (Phi) is 62.0. The monoisotopic (exact) mass is 1050 g/mol. The molecule has 2 unspecified atom stereocenters. The lowest BCUT2D eigenvalue weighted by Gasteiger charge is -2.20. The molecule has 0 saturated carbocycles. The molecule has 0 aliphatic rings. The zero-order chi connectivity index (χ0) is 54.3. The second-order valence-electron chi connectivity index (χ2n) is 22.4. The molecule has 2 atom stereocenters. The van der Waals surface area contributed by atoms with E-state index in [9.17, 15) is 19.8 Å². The van der Waals surface area contributed by atoms with Gasteiger partial charge >= 0.3 is 5.97 Å². The van der Waals surface area contributed by atoms with E-state index in [0.29, 0.717) is 19.4 Å². The van der Waals surface area contributed by atoms with Crippen LogP contribution in [-0.2, 0) is 14.3 Å². The number of carbonyl (C=O) groups is 2. The molecule has 0 aromatic rings. The fourth-order valence-corrected chi connectivity index (χ4v) is 9.97. The summed E-state index contributed by atoms with van der Waals surface area (Å²) in [6.45, 7) is 4.78. The van der Waals surface area contributed by atoms with Gasteiger partial charge in [0, 0.05) is 12.8 Å². The smallest absolute Gasteiger partial charge is 0.305 e. The molecule has 0 aliphatic heterocycles. The van der Waals surface area contributed by atoms with E-state index in [-0.39, 0.29) is 18.5 Å². The third-order valence-corrected chi connectivity index (χ3v) is 15.0. The van der Waals surface area contributed by atoms with Crippen molar-refractivity contribution in [3.63, 3.8) is 0 Å². The summed E-state index contributed by atoms with van der Waals surface area (Å²) >= 11 is 0. The molecule has 0 bridgehead atoms. The highest BCUT2D eigenvalue weighted by Crippen LogP contribution is 2.17. The van der Waals surface area contributed by atoms with Gasteiger partial charge in [-0.1, -0.05) is 306 Å². The van der Waals surface area contributed by atoms with Crippen LogP contribution >= 0.6 is 0 Å². The lowest BCUT2D eigenvalue weighted by Crippen LogP contribution is -2.45. The van der Waals surface area contributed by atoms with Crippen molar-refractivity contribution in [1.29, 1.82) is 0 Å². The summed E-state index contributed by atoms with van der Waals surface area (Å²) in [6.07, 6.45) is 84.3. The summed E-state index contributed by atoms with van der Waals surface area (Å²) < 4.78 is 5.42. The van der Waals surface area contributed by atoms with Crippen LogP contribution in [0.5, 0.6) is 0 Å². The molecule has 0 saturated heterocycles. The molecular weight excluding hydrogens is 923 g/mol. The van der Waals surface area contributed by atoms with E-state index in [4.69, 9.17) is 4.74 Å². The maximum absolute atomic E-state index is 12.5. The number of aliphatic hydroxyl groups is 2. The van der Waals surface area contributed by atoms with Crippen LogP contribution in [0, 0.1) is 0 Å². The van der Waals surface area contributed by atoms with Gasteiger partial charge in [0.2, 0.25) is 5.91 Å². The predicted octanol–water partition coefficient (Wildman–Crippen LogP) is 21.1. The van der Waals surface area contributed by atoms with Gasteiger partial charge in [0.15, 0.2) is 0 Å². The molecule has 0 aliphatic carbocycles. The zero-order valence-electron chi connectivity index (χ0n) is 50.0. The average Bonchev–Trinajstić information content (AvgIpc) is 3.41. The topological polar surface area (TPSA) is 95.9 Å². The number of amides is 1. The fraction of sp³-hybridized carbons (Fsp3) is 0.826. The molecule has 75 heavy (non-hydrogen) atoms. The van der Waals surface area contributed by atoms with Crippen molar-refractivity contribution in [3.05, 3.63) is 60.8 Å². The number of ether oxygens (including phenoxy) is 1. The van der Waals surface area contributed by atoms with E-state index in [1.807, 2.05) is 6.08 Å². The molecule has 6 heteroatoms. The Hall–Kier alpha value is -2.44. The SMILES string of the molecule is CCCCC/C=C\C/C=C\CCCCCCCCCC(=O)OCC/C=C\C/C=C\CCCCCCCCCCCCCCCCC(=O)NC(CO)C(O)/C=C/CCCCCCCCCCCCCCCCCCCC. The summed E-state index contributed by atoms with van der Waals surface area (Å²) in [5.74, 6) is -0.115. The molecule has 0 radical (unpaired) electrons. The second-order valence-corrected chi connectivity index (χ2v) is 22.4. The molecule has 0 heterocycles. The van der Waals surface area contributed by atoms with Crippen LogP contribution in [0.2, 0.25) is 0 Å². The number of hydrogen-bond donors (Lipinski definition) is 3. The molecule has 1 amide bonds. The third-order valence-electron chi connectivity index (χ3n) is 15.0. The highest BCUT2D eigenvalue weighted by atomic mass is 16.5. The number of unbranched alkanes of at least 4 members (excludes halogenated alkanes) is 42. The normalized spacial score (nSPS) is 13.0. The van der Waals surface area contributed by atoms with Gasteiger partial charge in [-0.25, -0.2) is 0 Å². The van der Waals surface area contributed by atoms with Gasteiger partial charge in [0.05, 0.1) is 25.4 Å². The minimum absolute atomic E-state index is 0.0438. The Balaban J connectivity index is 3.49. The Labute approximate surface area is 467 Å². The first kappa shape index (κ1) is 72.6. The van der Waals surface area contributed by atoms with Crippen LogP contribution in [0.25, 0.3) is 0 Å². The molecule has 6 nitrogen and oxygen atoms in total. The van der Waals surface area contributed by atoms with Crippen LogP contribution in [0.4, 0.5) is 0 Å². The average molecular weight is 1050 g/mol. The van der Waals surface area contributed by atoms with Crippen LogP contribution in [0.3, 0.4) is 0 Å². The summed E-state index contributed by atoms with van der Waals surface area (Å²) in [4.78, 5) is 24.6. The van der Waals surface area contributed by atoms with E-state index in [1.165, 1.54) is 257 Å².